The predicted octanol–water partition coefficient (Wildman–Crippen LogP) is 4.44. The third-order valence-electron chi connectivity index (χ3n) is 7.19. The molecular formula is C21H27ClN2O2S. The second-order valence-corrected chi connectivity index (χ2v) is 10.9. The summed E-state index contributed by atoms with van der Waals surface area (Å²) in [5, 5.41) is 15.9. The molecule has 2 N–H and O–H groups in total. The van der Waals surface area contributed by atoms with Gasteiger partial charge >= 0.3 is 0 Å². The number of thioether (sulfide) groups is 1. The fourth-order valence-corrected chi connectivity index (χ4v) is 7.81. The van der Waals surface area contributed by atoms with Gasteiger partial charge in [0.15, 0.2) is 0 Å². The fourth-order valence-electron chi connectivity index (χ4n) is 6.29. The van der Waals surface area contributed by atoms with Crippen molar-refractivity contribution in [3.63, 3.8) is 0 Å². The van der Waals surface area contributed by atoms with Crippen molar-refractivity contribution >= 4 is 29.3 Å². The molecular weight excluding hydrogens is 380 g/mol. The average molecular weight is 407 g/mol. The summed E-state index contributed by atoms with van der Waals surface area (Å²) >= 11 is 7.84. The Morgan fingerprint density at radius 2 is 1.89 bits per heavy atom. The summed E-state index contributed by atoms with van der Waals surface area (Å²) in [5.41, 5.74) is 0.187. The molecule has 0 radical (unpaired) electrons. The maximum Gasteiger partial charge on any atom is 0.254 e. The van der Waals surface area contributed by atoms with E-state index in [0.29, 0.717) is 33.7 Å². The topological polar surface area (TPSA) is 62.2 Å². The van der Waals surface area contributed by atoms with E-state index in [1.54, 1.807) is 17.8 Å². The molecule has 5 aliphatic carbocycles. The van der Waals surface area contributed by atoms with Crippen molar-refractivity contribution < 1.29 is 9.90 Å². The molecule has 6 rings (SSSR count). The Kier molecular flexibility index (Phi) is 4.68. The normalized spacial score (nSPS) is 37.7. The largest absolute Gasteiger partial charge is 0.390 e. The lowest BCUT2D eigenvalue weighted by Crippen LogP contribution is -2.61. The fraction of sp³-hybridized carbons (Fsp3) is 0.714. The van der Waals surface area contributed by atoms with Crippen LogP contribution in [0.4, 0.5) is 0 Å². The zero-order valence-corrected chi connectivity index (χ0v) is 17.1. The Balaban J connectivity index is 1.34. The van der Waals surface area contributed by atoms with Gasteiger partial charge in [-0.25, -0.2) is 4.98 Å². The van der Waals surface area contributed by atoms with E-state index < -0.39 is 5.60 Å². The molecule has 0 aromatic carbocycles. The van der Waals surface area contributed by atoms with Gasteiger partial charge in [0.1, 0.15) is 10.2 Å². The summed E-state index contributed by atoms with van der Waals surface area (Å²) in [6.07, 6.45) is 9.83. The van der Waals surface area contributed by atoms with Crippen LogP contribution in [0.2, 0.25) is 5.15 Å². The van der Waals surface area contributed by atoms with Crippen LogP contribution in [0, 0.1) is 17.8 Å². The molecule has 2 atom stereocenters. The molecule has 1 heterocycles. The summed E-state index contributed by atoms with van der Waals surface area (Å²) < 4.78 is 0. The van der Waals surface area contributed by atoms with E-state index in [0.717, 1.165) is 37.1 Å². The smallest absolute Gasteiger partial charge is 0.254 e. The van der Waals surface area contributed by atoms with E-state index >= 15 is 0 Å². The summed E-state index contributed by atoms with van der Waals surface area (Å²) in [5.74, 6) is 1.45. The third kappa shape index (κ3) is 3.51. The second kappa shape index (κ2) is 6.93. The quantitative estimate of drug-likeness (QED) is 0.725. The zero-order valence-electron chi connectivity index (χ0n) is 15.5. The number of nitrogens with one attached hydrogen (secondary N) is 1. The van der Waals surface area contributed by atoms with Gasteiger partial charge in [-0.2, -0.15) is 0 Å². The lowest BCUT2D eigenvalue weighted by molar-refractivity contribution is -0.136. The second-order valence-electron chi connectivity index (χ2n) is 9.20. The standard InChI is InChI=1S/C21H27ClN2O2S/c22-17-6-5-16(20(23-17)27-15-3-1-2-4-15)19(25)24-18-13-7-12-8-14(18)11-21(26,9-12)10-13/h5-6,12-15,18,26H,1-4,7-11H2,(H,24,25)/t12?,13?,14?,18-,21-. The van der Waals surface area contributed by atoms with Crippen molar-refractivity contribution in [2.45, 2.75) is 79.7 Å². The highest BCUT2D eigenvalue weighted by atomic mass is 35.5. The first-order chi connectivity index (χ1) is 13.0. The minimum atomic E-state index is -0.469. The highest BCUT2D eigenvalue weighted by molar-refractivity contribution is 7.99. The molecule has 5 fully saturated rings. The summed E-state index contributed by atoms with van der Waals surface area (Å²) in [7, 11) is 0. The molecule has 4 bridgehead atoms. The van der Waals surface area contributed by atoms with E-state index in [4.69, 9.17) is 11.6 Å². The number of pyridine rings is 1. The van der Waals surface area contributed by atoms with Gasteiger partial charge in [0.2, 0.25) is 0 Å². The van der Waals surface area contributed by atoms with E-state index in [9.17, 15) is 9.90 Å². The molecule has 5 saturated carbocycles. The maximum absolute atomic E-state index is 13.2. The van der Waals surface area contributed by atoms with Crippen molar-refractivity contribution in [3.05, 3.63) is 22.8 Å². The molecule has 0 saturated heterocycles. The van der Waals surface area contributed by atoms with Gasteiger partial charge in [0.05, 0.1) is 11.2 Å². The number of rotatable bonds is 4. The van der Waals surface area contributed by atoms with Gasteiger partial charge in [-0.05, 0) is 74.8 Å². The number of carbonyl (C=O) groups is 1. The molecule has 27 heavy (non-hydrogen) atoms. The van der Waals surface area contributed by atoms with E-state index in [-0.39, 0.29) is 11.9 Å². The van der Waals surface area contributed by atoms with E-state index in [2.05, 4.69) is 10.3 Å². The van der Waals surface area contributed by atoms with Crippen LogP contribution in [0.3, 0.4) is 0 Å². The number of aliphatic hydroxyl groups is 1. The molecule has 2 unspecified atom stereocenters. The molecule has 4 nitrogen and oxygen atoms in total. The number of nitrogens with zero attached hydrogens (tertiary/aromatic N) is 1. The monoisotopic (exact) mass is 406 g/mol. The van der Waals surface area contributed by atoms with Crippen LogP contribution in [-0.2, 0) is 0 Å². The van der Waals surface area contributed by atoms with Gasteiger partial charge in [0.25, 0.3) is 5.91 Å². The minimum absolute atomic E-state index is 0.0240. The highest BCUT2D eigenvalue weighted by Gasteiger charge is 2.55. The Labute approximate surface area is 169 Å². The van der Waals surface area contributed by atoms with E-state index in [1.807, 2.05) is 6.07 Å². The average Bonchev–Trinajstić information content (AvgIpc) is 3.09. The number of aromatic nitrogens is 1. The Hall–Kier alpha value is -0.780. The molecule has 0 spiro atoms. The van der Waals surface area contributed by atoms with Crippen LogP contribution >= 0.6 is 23.4 Å². The molecule has 146 valence electrons. The van der Waals surface area contributed by atoms with Crippen LogP contribution in [0.15, 0.2) is 17.2 Å². The third-order valence-corrected chi connectivity index (χ3v) is 8.74. The molecule has 1 aromatic heterocycles. The number of hydrogen-bond donors (Lipinski definition) is 2. The van der Waals surface area contributed by atoms with Crippen molar-refractivity contribution in [2.75, 3.05) is 0 Å². The molecule has 1 aromatic rings. The van der Waals surface area contributed by atoms with Gasteiger partial charge in [-0.1, -0.05) is 24.4 Å². The van der Waals surface area contributed by atoms with Crippen LogP contribution in [0.1, 0.15) is 68.1 Å². The van der Waals surface area contributed by atoms with Crippen molar-refractivity contribution in [2.24, 2.45) is 17.8 Å². The van der Waals surface area contributed by atoms with Gasteiger partial charge in [-0.3, -0.25) is 4.79 Å². The Morgan fingerprint density at radius 1 is 1.19 bits per heavy atom. The molecule has 6 heteroatoms. The van der Waals surface area contributed by atoms with Crippen molar-refractivity contribution in [1.82, 2.24) is 10.3 Å². The number of hydrogen-bond acceptors (Lipinski definition) is 4. The molecule has 0 aliphatic heterocycles. The predicted molar refractivity (Wildman–Crippen MR) is 107 cm³/mol. The van der Waals surface area contributed by atoms with Gasteiger partial charge in [0, 0.05) is 11.3 Å². The minimum Gasteiger partial charge on any atom is -0.390 e. The summed E-state index contributed by atoms with van der Waals surface area (Å²) in [6.45, 7) is 0. The number of halogens is 1. The van der Waals surface area contributed by atoms with E-state index in [1.165, 1.54) is 25.7 Å². The van der Waals surface area contributed by atoms with Gasteiger partial charge < -0.3 is 10.4 Å². The zero-order chi connectivity index (χ0) is 18.6. The summed E-state index contributed by atoms with van der Waals surface area (Å²) in [6, 6.07) is 3.73. The highest BCUT2D eigenvalue weighted by Crippen LogP contribution is 2.55. The van der Waals surface area contributed by atoms with Crippen molar-refractivity contribution in [3.8, 4) is 0 Å². The maximum atomic E-state index is 13.2. The molecule has 5 aliphatic rings. The first kappa shape index (κ1) is 18.3. The Morgan fingerprint density at radius 3 is 2.56 bits per heavy atom. The van der Waals surface area contributed by atoms with Crippen LogP contribution in [-0.4, -0.2) is 32.9 Å². The van der Waals surface area contributed by atoms with Crippen LogP contribution < -0.4 is 5.32 Å². The number of carbonyl (C=O) groups excluding carboxylic acids is 1. The SMILES string of the molecule is O=C(N[C@H]1C2CC3CC1C[C@](O)(C3)C2)c1ccc(Cl)nc1SC1CCCC1. The lowest BCUT2D eigenvalue weighted by Gasteiger charge is -2.58. The number of amides is 1. The lowest BCUT2D eigenvalue weighted by atomic mass is 9.52. The first-order valence-electron chi connectivity index (χ1n) is 10.4. The summed E-state index contributed by atoms with van der Waals surface area (Å²) in [4.78, 5) is 17.6. The van der Waals surface area contributed by atoms with Crippen LogP contribution in [0.5, 0.6) is 0 Å². The van der Waals surface area contributed by atoms with Gasteiger partial charge in [-0.15, -0.1) is 11.8 Å². The first-order valence-corrected chi connectivity index (χ1v) is 11.6. The molecule has 1 amide bonds. The van der Waals surface area contributed by atoms with Crippen LogP contribution in [0.25, 0.3) is 0 Å². The van der Waals surface area contributed by atoms with Crippen molar-refractivity contribution in [1.29, 1.82) is 0 Å². The Bertz CT molecular complexity index is 736.